The molecule has 0 saturated carbocycles. The number of nitrogens with zero attached hydrogens (tertiary/aromatic N) is 1. The molecular formula is C25H35NO3Si. The number of hydrogen-bond acceptors (Lipinski definition) is 3. The van der Waals surface area contributed by atoms with Gasteiger partial charge >= 0.3 is 6.09 Å². The van der Waals surface area contributed by atoms with Crippen molar-refractivity contribution in [1.29, 1.82) is 0 Å². The summed E-state index contributed by atoms with van der Waals surface area (Å²) in [6, 6.07) is 20.0. The van der Waals surface area contributed by atoms with Gasteiger partial charge in [0.1, 0.15) is 11.0 Å². The Balaban J connectivity index is 1.93. The molecule has 162 valence electrons. The van der Waals surface area contributed by atoms with Gasteiger partial charge in [-0.25, -0.2) is 4.79 Å². The van der Waals surface area contributed by atoms with E-state index in [1.165, 1.54) is 5.19 Å². The van der Waals surface area contributed by atoms with E-state index < -0.39 is 13.7 Å². The highest BCUT2D eigenvalue weighted by atomic mass is 28.3. The molecule has 2 aromatic rings. The van der Waals surface area contributed by atoms with Gasteiger partial charge in [-0.15, -0.1) is 0 Å². The van der Waals surface area contributed by atoms with Crippen LogP contribution in [0.2, 0.25) is 13.1 Å². The SMILES string of the molecule is CC(C)(C)OC(=O)N(CCCCC(=O)[Si](C)(C)c1ccccc1)Cc1ccccc1. The van der Waals surface area contributed by atoms with Crippen LogP contribution in [0.25, 0.3) is 0 Å². The minimum absolute atomic E-state index is 0.309. The molecule has 0 heterocycles. The Bertz CT molecular complexity index is 813. The third-order valence-electron chi connectivity index (χ3n) is 5.14. The number of carbonyl (C=O) groups excluding carboxylic acids is 2. The van der Waals surface area contributed by atoms with Gasteiger partial charge < -0.3 is 14.4 Å². The molecule has 0 N–H and O–H groups in total. The number of carbonyl (C=O) groups is 2. The summed E-state index contributed by atoms with van der Waals surface area (Å²) in [5.41, 5.74) is 0.532. The highest BCUT2D eigenvalue weighted by Crippen LogP contribution is 2.15. The number of benzene rings is 2. The Hall–Kier alpha value is -2.40. The van der Waals surface area contributed by atoms with E-state index in [2.05, 4.69) is 25.2 Å². The maximum Gasteiger partial charge on any atom is 0.410 e. The highest BCUT2D eigenvalue weighted by Gasteiger charge is 2.31. The third-order valence-corrected chi connectivity index (χ3v) is 8.56. The molecule has 0 bridgehead atoms. The van der Waals surface area contributed by atoms with Crippen molar-refractivity contribution in [3.05, 3.63) is 66.2 Å². The Morgan fingerprint density at radius 2 is 1.47 bits per heavy atom. The van der Waals surface area contributed by atoms with E-state index in [0.717, 1.165) is 18.4 Å². The van der Waals surface area contributed by atoms with Gasteiger partial charge in [-0.3, -0.25) is 0 Å². The monoisotopic (exact) mass is 425 g/mol. The summed E-state index contributed by atoms with van der Waals surface area (Å²) in [5, 5.41) is 1.54. The summed E-state index contributed by atoms with van der Waals surface area (Å²) in [5.74, 6) is 0. The Kier molecular flexibility index (Phi) is 8.41. The van der Waals surface area contributed by atoms with Crippen molar-refractivity contribution in [3.8, 4) is 0 Å². The zero-order valence-corrected chi connectivity index (χ0v) is 20.0. The molecule has 1 amide bonds. The molecule has 5 heteroatoms. The van der Waals surface area contributed by atoms with Crippen molar-refractivity contribution in [2.45, 2.75) is 65.3 Å². The van der Waals surface area contributed by atoms with Crippen LogP contribution >= 0.6 is 0 Å². The topological polar surface area (TPSA) is 46.6 Å². The number of rotatable bonds is 9. The summed E-state index contributed by atoms with van der Waals surface area (Å²) < 4.78 is 5.59. The molecule has 0 aliphatic rings. The number of amides is 1. The second kappa shape index (κ2) is 10.6. The quantitative estimate of drug-likeness (QED) is 0.404. The van der Waals surface area contributed by atoms with Crippen LogP contribution < -0.4 is 5.19 Å². The number of hydrogen-bond donors (Lipinski definition) is 0. The molecule has 0 spiro atoms. The number of unbranched alkanes of at least 4 members (excludes halogenated alkanes) is 1. The van der Waals surface area contributed by atoms with E-state index >= 15 is 0 Å². The minimum Gasteiger partial charge on any atom is -0.444 e. The van der Waals surface area contributed by atoms with Crippen molar-refractivity contribution < 1.29 is 14.3 Å². The van der Waals surface area contributed by atoms with E-state index in [4.69, 9.17) is 4.74 Å². The largest absolute Gasteiger partial charge is 0.444 e. The lowest BCUT2D eigenvalue weighted by atomic mass is 10.2. The molecule has 0 saturated heterocycles. The second-order valence-corrected chi connectivity index (χ2v) is 13.6. The third kappa shape index (κ3) is 7.45. The van der Waals surface area contributed by atoms with Crippen LogP contribution in [0, 0.1) is 0 Å². The average Bonchev–Trinajstić information content (AvgIpc) is 2.70. The van der Waals surface area contributed by atoms with Gasteiger partial charge in [-0.05, 0) is 39.2 Å². The van der Waals surface area contributed by atoms with Gasteiger partial charge in [-0.1, -0.05) is 78.9 Å². The first kappa shape index (κ1) is 23.9. The van der Waals surface area contributed by atoms with E-state index in [0.29, 0.717) is 24.9 Å². The summed E-state index contributed by atoms with van der Waals surface area (Å²) in [4.78, 5) is 27.3. The molecule has 2 rings (SSSR count). The van der Waals surface area contributed by atoms with Gasteiger partial charge in [0, 0.05) is 19.5 Å². The zero-order chi connectivity index (χ0) is 22.2. The van der Waals surface area contributed by atoms with Gasteiger partial charge in [-0.2, -0.15) is 0 Å². The Labute approximate surface area is 182 Å². The first-order valence-electron chi connectivity index (χ1n) is 10.7. The van der Waals surface area contributed by atoms with E-state index in [1.54, 1.807) is 4.90 Å². The lowest BCUT2D eigenvalue weighted by molar-refractivity contribution is -0.112. The van der Waals surface area contributed by atoms with Gasteiger partial charge in [0.25, 0.3) is 0 Å². The van der Waals surface area contributed by atoms with E-state index in [9.17, 15) is 9.59 Å². The molecule has 4 nitrogen and oxygen atoms in total. The fourth-order valence-electron chi connectivity index (χ4n) is 3.28. The maximum atomic E-state index is 12.9. The standard InChI is InChI=1S/C25H35NO3Si/c1-25(2,3)29-24(28)26(20-21-14-8-6-9-15-21)19-13-12-18-23(27)30(4,5)22-16-10-7-11-17-22/h6-11,14-17H,12-13,18-20H2,1-5H3. The average molecular weight is 426 g/mol. The van der Waals surface area contributed by atoms with Crippen molar-refractivity contribution in [2.75, 3.05) is 6.54 Å². The maximum absolute atomic E-state index is 12.9. The first-order chi connectivity index (χ1) is 14.1. The van der Waals surface area contributed by atoms with Crippen LogP contribution in [0.4, 0.5) is 4.79 Å². The first-order valence-corrected chi connectivity index (χ1v) is 13.7. The second-order valence-electron chi connectivity index (χ2n) is 9.26. The summed E-state index contributed by atoms with van der Waals surface area (Å²) >= 11 is 0. The predicted octanol–water partition coefficient (Wildman–Crippen LogP) is 5.32. The fraction of sp³-hybridized carbons (Fsp3) is 0.440. The van der Waals surface area contributed by atoms with Crippen LogP contribution in [0.3, 0.4) is 0 Å². The molecule has 0 aliphatic heterocycles. The lowest BCUT2D eigenvalue weighted by Crippen LogP contribution is -2.49. The van der Waals surface area contributed by atoms with Gasteiger partial charge in [0.2, 0.25) is 0 Å². The normalized spacial score (nSPS) is 11.8. The van der Waals surface area contributed by atoms with Gasteiger partial charge in [0.05, 0.1) is 0 Å². The van der Waals surface area contributed by atoms with Crippen molar-refractivity contribution in [2.24, 2.45) is 0 Å². The lowest BCUT2D eigenvalue weighted by Gasteiger charge is -2.27. The Morgan fingerprint density at radius 1 is 0.900 bits per heavy atom. The van der Waals surface area contributed by atoms with Gasteiger partial charge in [0.15, 0.2) is 8.07 Å². The number of ether oxygens (including phenoxy) is 1. The summed E-state index contributed by atoms with van der Waals surface area (Å²) in [6.45, 7) is 10.9. The van der Waals surface area contributed by atoms with E-state index in [-0.39, 0.29) is 6.09 Å². The zero-order valence-electron chi connectivity index (χ0n) is 19.0. The summed E-state index contributed by atoms with van der Waals surface area (Å²) in [7, 11) is -2.12. The van der Waals surface area contributed by atoms with Crippen LogP contribution in [-0.2, 0) is 16.1 Å². The molecule has 0 radical (unpaired) electrons. The molecule has 0 fully saturated rings. The predicted molar refractivity (Wildman–Crippen MR) is 126 cm³/mol. The molecule has 30 heavy (non-hydrogen) atoms. The van der Waals surface area contributed by atoms with Crippen LogP contribution in [0.15, 0.2) is 60.7 Å². The fourth-order valence-corrected chi connectivity index (χ4v) is 5.43. The molecule has 0 unspecified atom stereocenters. The molecule has 2 aromatic carbocycles. The van der Waals surface area contributed by atoms with Crippen LogP contribution in [-0.4, -0.2) is 36.6 Å². The van der Waals surface area contributed by atoms with Crippen molar-refractivity contribution in [1.82, 2.24) is 4.90 Å². The molecule has 0 atom stereocenters. The van der Waals surface area contributed by atoms with E-state index in [1.807, 2.05) is 69.3 Å². The van der Waals surface area contributed by atoms with Crippen LogP contribution in [0.5, 0.6) is 0 Å². The summed E-state index contributed by atoms with van der Waals surface area (Å²) in [6.07, 6.45) is 1.80. The van der Waals surface area contributed by atoms with Crippen molar-refractivity contribution in [3.63, 3.8) is 0 Å². The molecular weight excluding hydrogens is 390 g/mol. The Morgan fingerprint density at radius 3 is 2.03 bits per heavy atom. The highest BCUT2D eigenvalue weighted by molar-refractivity contribution is 7.13. The molecule has 0 aliphatic carbocycles. The molecule has 0 aromatic heterocycles. The minimum atomic E-state index is -2.12. The van der Waals surface area contributed by atoms with Crippen molar-refractivity contribution >= 4 is 24.8 Å². The van der Waals surface area contributed by atoms with Crippen LogP contribution in [0.1, 0.15) is 45.6 Å². The smallest absolute Gasteiger partial charge is 0.410 e.